The molecule has 0 saturated heterocycles. The molecular formula is C22H23N3O5S2. The van der Waals surface area contributed by atoms with E-state index in [-0.39, 0.29) is 16.6 Å². The number of ketones is 1. The second kappa shape index (κ2) is 8.34. The van der Waals surface area contributed by atoms with E-state index in [1.165, 1.54) is 44.9 Å². The molecule has 4 rings (SSSR count). The van der Waals surface area contributed by atoms with Gasteiger partial charge in [-0.2, -0.15) is 0 Å². The molecule has 0 radical (unpaired) electrons. The number of amides is 1. The van der Waals surface area contributed by atoms with Crippen LogP contribution in [-0.4, -0.2) is 55.3 Å². The van der Waals surface area contributed by atoms with Crippen LogP contribution in [0.3, 0.4) is 0 Å². The number of hydrogen-bond acceptors (Lipinski definition) is 7. The van der Waals surface area contributed by atoms with Crippen molar-refractivity contribution in [3.8, 4) is 0 Å². The van der Waals surface area contributed by atoms with Crippen molar-refractivity contribution >= 4 is 50.3 Å². The van der Waals surface area contributed by atoms with Crippen molar-refractivity contribution in [1.82, 2.24) is 9.29 Å². The van der Waals surface area contributed by atoms with E-state index in [4.69, 9.17) is 4.42 Å². The Morgan fingerprint density at radius 3 is 2.62 bits per heavy atom. The molecule has 0 bridgehead atoms. The molecule has 1 amide bonds. The van der Waals surface area contributed by atoms with Gasteiger partial charge in [0, 0.05) is 38.8 Å². The Kier molecular flexibility index (Phi) is 5.87. The summed E-state index contributed by atoms with van der Waals surface area (Å²) in [6.07, 6.45) is 0.723. The normalized spacial score (nSPS) is 14.7. The Hall–Kier alpha value is -2.69. The first-order chi connectivity index (χ1) is 15.1. The second-order valence-corrected chi connectivity index (χ2v) is 11.2. The highest BCUT2D eigenvalue weighted by Crippen LogP contribution is 2.32. The minimum atomic E-state index is -3.58. The molecule has 1 aliphatic heterocycles. The minimum Gasteiger partial charge on any atom is -0.431 e. The van der Waals surface area contributed by atoms with Crippen LogP contribution in [0, 0.1) is 0 Å². The summed E-state index contributed by atoms with van der Waals surface area (Å²) in [5.41, 5.74) is 3.28. The highest BCUT2D eigenvalue weighted by molar-refractivity contribution is 8.00. The van der Waals surface area contributed by atoms with Gasteiger partial charge in [-0.15, -0.1) is 0 Å². The molecule has 1 aliphatic rings. The number of carbonyl (C=O) groups is 2. The number of aromatic nitrogens is 1. The summed E-state index contributed by atoms with van der Waals surface area (Å²) in [6, 6.07) is 9.91. The van der Waals surface area contributed by atoms with Gasteiger partial charge in [0.2, 0.25) is 15.9 Å². The van der Waals surface area contributed by atoms with Crippen molar-refractivity contribution in [1.29, 1.82) is 0 Å². The summed E-state index contributed by atoms with van der Waals surface area (Å²) in [5, 5.41) is -0.166. The van der Waals surface area contributed by atoms with E-state index in [0.29, 0.717) is 28.4 Å². The average molecular weight is 474 g/mol. The van der Waals surface area contributed by atoms with Gasteiger partial charge in [-0.3, -0.25) is 9.59 Å². The maximum Gasteiger partial charge on any atom is 0.257 e. The number of hydrogen-bond donors (Lipinski definition) is 0. The average Bonchev–Trinajstić information content (AvgIpc) is 3.35. The fourth-order valence-electron chi connectivity index (χ4n) is 3.63. The van der Waals surface area contributed by atoms with Crippen LogP contribution in [0.25, 0.3) is 11.1 Å². The maximum atomic E-state index is 13.0. The first-order valence-electron chi connectivity index (χ1n) is 10.0. The SMILES string of the molecule is CC(=O)N1CCc2cc(C(=O)C(C)Sc3nc4cc(S(=O)(=O)N(C)C)ccc4o3)ccc21. The summed E-state index contributed by atoms with van der Waals surface area (Å²) in [7, 11) is -0.648. The zero-order chi connectivity index (χ0) is 23.2. The Morgan fingerprint density at radius 2 is 1.94 bits per heavy atom. The monoisotopic (exact) mass is 473 g/mol. The molecule has 168 valence electrons. The third kappa shape index (κ3) is 4.05. The van der Waals surface area contributed by atoms with Crippen molar-refractivity contribution in [3.05, 3.63) is 47.5 Å². The number of benzene rings is 2. The highest BCUT2D eigenvalue weighted by Gasteiger charge is 2.26. The van der Waals surface area contributed by atoms with Gasteiger partial charge in [0.05, 0.1) is 10.1 Å². The number of nitrogens with zero attached hydrogens (tertiary/aromatic N) is 3. The zero-order valence-electron chi connectivity index (χ0n) is 18.2. The molecule has 8 nitrogen and oxygen atoms in total. The molecule has 2 heterocycles. The van der Waals surface area contributed by atoms with Crippen LogP contribution in [0.15, 0.2) is 50.9 Å². The Bertz CT molecular complexity index is 1330. The molecule has 32 heavy (non-hydrogen) atoms. The van der Waals surface area contributed by atoms with Gasteiger partial charge < -0.3 is 9.32 Å². The van der Waals surface area contributed by atoms with Crippen molar-refractivity contribution in [3.63, 3.8) is 0 Å². The first-order valence-corrected chi connectivity index (χ1v) is 12.3. The van der Waals surface area contributed by atoms with E-state index < -0.39 is 15.3 Å². The number of anilines is 1. The number of rotatable bonds is 6. The summed E-state index contributed by atoms with van der Waals surface area (Å²) < 4.78 is 31.5. The zero-order valence-corrected chi connectivity index (χ0v) is 19.8. The minimum absolute atomic E-state index is 0.00995. The van der Waals surface area contributed by atoms with Crippen molar-refractivity contribution < 1.29 is 22.4 Å². The van der Waals surface area contributed by atoms with Gasteiger partial charge in [0.1, 0.15) is 5.52 Å². The largest absolute Gasteiger partial charge is 0.431 e. The lowest BCUT2D eigenvalue weighted by atomic mass is 10.0. The van der Waals surface area contributed by atoms with Gasteiger partial charge >= 0.3 is 0 Å². The predicted octanol–water partition coefficient (Wildman–Crippen LogP) is 3.35. The number of carbonyl (C=O) groups excluding carboxylic acids is 2. The number of Topliss-reactive ketones (excluding diaryl/α,β-unsaturated/α-hetero) is 1. The van der Waals surface area contributed by atoms with Crippen molar-refractivity contribution in [2.75, 3.05) is 25.5 Å². The highest BCUT2D eigenvalue weighted by atomic mass is 32.2. The third-order valence-electron chi connectivity index (χ3n) is 5.40. The van der Waals surface area contributed by atoms with Gasteiger partial charge in [0.15, 0.2) is 11.4 Å². The number of oxazole rings is 1. The predicted molar refractivity (Wildman–Crippen MR) is 123 cm³/mol. The molecule has 0 N–H and O–H groups in total. The summed E-state index contributed by atoms with van der Waals surface area (Å²) in [6.45, 7) is 3.94. The van der Waals surface area contributed by atoms with Gasteiger partial charge in [0.25, 0.3) is 5.22 Å². The number of fused-ring (bicyclic) bond motifs is 2. The van der Waals surface area contributed by atoms with Crippen molar-refractivity contribution in [2.24, 2.45) is 0 Å². The van der Waals surface area contributed by atoms with Crippen LogP contribution in [0.2, 0.25) is 0 Å². The molecule has 1 aromatic heterocycles. The Morgan fingerprint density at radius 1 is 1.19 bits per heavy atom. The van der Waals surface area contributed by atoms with Crippen LogP contribution in [0.1, 0.15) is 29.8 Å². The van der Waals surface area contributed by atoms with E-state index in [2.05, 4.69) is 4.98 Å². The Labute approximate surface area is 190 Å². The molecule has 0 spiro atoms. The Balaban J connectivity index is 1.53. The summed E-state index contributed by atoms with van der Waals surface area (Å²) in [5.74, 6) is -0.0820. The van der Waals surface area contributed by atoms with Crippen LogP contribution >= 0.6 is 11.8 Å². The molecule has 0 saturated carbocycles. The fraction of sp³-hybridized carbons (Fsp3) is 0.318. The lowest BCUT2D eigenvalue weighted by Gasteiger charge is -2.15. The number of sulfonamides is 1. The first kappa shape index (κ1) is 22.5. The standard InChI is InChI=1S/C22H23N3O5S2/c1-13(21(27)16-5-7-19-15(11-16)9-10-25(19)14(2)26)31-22-23-18-12-17(6-8-20(18)30-22)32(28,29)24(3)4/h5-8,11-13H,9-10H2,1-4H3. The van der Waals surface area contributed by atoms with E-state index in [1.807, 2.05) is 12.1 Å². The molecular weight excluding hydrogens is 450 g/mol. The molecule has 0 fully saturated rings. The van der Waals surface area contributed by atoms with Crippen LogP contribution < -0.4 is 4.90 Å². The molecule has 10 heteroatoms. The van der Waals surface area contributed by atoms with Crippen LogP contribution in [0.5, 0.6) is 0 Å². The number of thioether (sulfide) groups is 1. The maximum absolute atomic E-state index is 13.0. The van der Waals surface area contributed by atoms with Gasteiger partial charge in [-0.05, 0) is 55.3 Å². The molecule has 0 aliphatic carbocycles. The molecule has 1 unspecified atom stereocenters. The molecule has 3 aromatic rings. The van der Waals surface area contributed by atoms with E-state index in [1.54, 1.807) is 24.0 Å². The smallest absolute Gasteiger partial charge is 0.257 e. The van der Waals surface area contributed by atoms with Gasteiger partial charge in [-0.25, -0.2) is 17.7 Å². The topological polar surface area (TPSA) is 101 Å². The molecule has 2 aromatic carbocycles. The summed E-state index contributed by atoms with van der Waals surface area (Å²) >= 11 is 1.18. The fourth-order valence-corrected chi connectivity index (χ4v) is 5.39. The van der Waals surface area contributed by atoms with Crippen LogP contribution in [-0.2, 0) is 21.2 Å². The van der Waals surface area contributed by atoms with Gasteiger partial charge in [-0.1, -0.05) is 11.8 Å². The quantitative estimate of drug-likeness (QED) is 0.400. The lowest BCUT2D eigenvalue weighted by Crippen LogP contribution is -2.25. The van der Waals surface area contributed by atoms with Crippen LogP contribution in [0.4, 0.5) is 5.69 Å². The van der Waals surface area contributed by atoms with E-state index in [0.717, 1.165) is 22.0 Å². The third-order valence-corrected chi connectivity index (χ3v) is 8.16. The van der Waals surface area contributed by atoms with E-state index in [9.17, 15) is 18.0 Å². The summed E-state index contributed by atoms with van der Waals surface area (Å²) in [4.78, 5) is 30.9. The molecule has 1 atom stereocenters. The van der Waals surface area contributed by atoms with E-state index >= 15 is 0 Å². The lowest BCUT2D eigenvalue weighted by molar-refractivity contribution is -0.116. The second-order valence-electron chi connectivity index (χ2n) is 7.79. The van der Waals surface area contributed by atoms with Crippen molar-refractivity contribution in [2.45, 2.75) is 35.6 Å².